The second-order valence-corrected chi connectivity index (χ2v) is 4.52. The van der Waals surface area contributed by atoms with Gasteiger partial charge in [0.25, 0.3) is 0 Å². The van der Waals surface area contributed by atoms with Crippen molar-refractivity contribution >= 4 is 5.91 Å². The van der Waals surface area contributed by atoms with Crippen LogP contribution in [0.4, 0.5) is 0 Å². The first-order chi connectivity index (χ1) is 7.51. The normalized spacial score (nSPS) is 14.9. The quantitative estimate of drug-likeness (QED) is 0.662. The van der Waals surface area contributed by atoms with Gasteiger partial charge in [0.2, 0.25) is 5.91 Å². The van der Waals surface area contributed by atoms with E-state index in [0.717, 1.165) is 6.42 Å². The molecule has 0 aromatic rings. The van der Waals surface area contributed by atoms with E-state index < -0.39 is 0 Å². The predicted molar refractivity (Wildman–Crippen MR) is 64.2 cm³/mol. The Bertz CT molecular complexity index is 195. The summed E-state index contributed by atoms with van der Waals surface area (Å²) in [6, 6.07) is 0.0651. The second kappa shape index (κ2) is 8.53. The van der Waals surface area contributed by atoms with Gasteiger partial charge in [-0.2, -0.15) is 0 Å². The fraction of sp³-hybridized carbons (Fsp3) is 0.917. The molecule has 0 aromatic heterocycles. The molecule has 2 N–H and O–H groups in total. The van der Waals surface area contributed by atoms with E-state index in [-0.39, 0.29) is 24.7 Å². The molecule has 4 heteroatoms. The summed E-state index contributed by atoms with van der Waals surface area (Å²) < 4.78 is 5.08. The Balaban J connectivity index is 3.90. The fourth-order valence-corrected chi connectivity index (χ4v) is 1.44. The number of carbonyl (C=O) groups excluding carboxylic acids is 1. The Morgan fingerprint density at radius 3 is 2.38 bits per heavy atom. The largest absolute Gasteiger partial charge is 0.396 e. The van der Waals surface area contributed by atoms with E-state index in [1.165, 1.54) is 0 Å². The molecule has 0 rings (SSSR count). The molecule has 16 heavy (non-hydrogen) atoms. The topological polar surface area (TPSA) is 58.6 Å². The van der Waals surface area contributed by atoms with Crippen LogP contribution < -0.4 is 5.32 Å². The van der Waals surface area contributed by atoms with Crippen LogP contribution in [0.1, 0.15) is 40.0 Å². The lowest BCUT2D eigenvalue weighted by Gasteiger charge is -2.21. The average Bonchev–Trinajstić information content (AvgIpc) is 2.25. The van der Waals surface area contributed by atoms with Crippen molar-refractivity contribution in [2.75, 3.05) is 13.7 Å². The molecule has 2 atom stereocenters. The smallest absolute Gasteiger partial charge is 0.220 e. The number of rotatable bonds is 8. The van der Waals surface area contributed by atoms with Gasteiger partial charge in [-0.15, -0.1) is 0 Å². The van der Waals surface area contributed by atoms with Gasteiger partial charge < -0.3 is 15.2 Å². The lowest BCUT2D eigenvalue weighted by atomic mass is 10.0. The molecule has 0 saturated carbocycles. The Morgan fingerprint density at radius 2 is 1.94 bits per heavy atom. The molecule has 1 amide bonds. The predicted octanol–water partition coefficient (Wildman–Crippen LogP) is 1.32. The maximum absolute atomic E-state index is 11.6. The average molecular weight is 231 g/mol. The Kier molecular flexibility index (Phi) is 8.21. The summed E-state index contributed by atoms with van der Waals surface area (Å²) >= 11 is 0. The molecule has 0 aromatic carbocycles. The van der Waals surface area contributed by atoms with Crippen molar-refractivity contribution in [3.05, 3.63) is 0 Å². The van der Waals surface area contributed by atoms with Gasteiger partial charge in [-0.3, -0.25) is 4.79 Å². The minimum Gasteiger partial charge on any atom is -0.396 e. The van der Waals surface area contributed by atoms with E-state index >= 15 is 0 Å². The lowest BCUT2D eigenvalue weighted by molar-refractivity contribution is -0.122. The molecule has 0 saturated heterocycles. The Morgan fingerprint density at radius 1 is 1.31 bits per heavy atom. The van der Waals surface area contributed by atoms with E-state index in [2.05, 4.69) is 5.32 Å². The van der Waals surface area contributed by atoms with E-state index in [1.54, 1.807) is 7.11 Å². The molecule has 0 spiro atoms. The number of aliphatic hydroxyl groups excluding tert-OH is 1. The summed E-state index contributed by atoms with van der Waals surface area (Å²) in [5, 5.41) is 11.8. The molecular weight excluding hydrogens is 206 g/mol. The van der Waals surface area contributed by atoms with Gasteiger partial charge in [0.15, 0.2) is 0 Å². The van der Waals surface area contributed by atoms with Gasteiger partial charge in [-0.05, 0) is 25.7 Å². The summed E-state index contributed by atoms with van der Waals surface area (Å²) in [6.45, 7) is 6.13. The fourth-order valence-electron chi connectivity index (χ4n) is 1.44. The molecule has 0 fully saturated rings. The summed E-state index contributed by atoms with van der Waals surface area (Å²) in [7, 11) is 1.64. The van der Waals surface area contributed by atoms with E-state index in [9.17, 15) is 4.79 Å². The van der Waals surface area contributed by atoms with Crippen molar-refractivity contribution in [3.8, 4) is 0 Å². The van der Waals surface area contributed by atoms with Crippen molar-refractivity contribution in [1.29, 1.82) is 0 Å². The van der Waals surface area contributed by atoms with Gasteiger partial charge in [-0.25, -0.2) is 0 Å². The number of amides is 1. The van der Waals surface area contributed by atoms with Crippen molar-refractivity contribution in [2.24, 2.45) is 5.92 Å². The number of nitrogens with one attached hydrogen (secondary N) is 1. The highest BCUT2D eigenvalue weighted by Crippen LogP contribution is 2.07. The Hall–Kier alpha value is -0.610. The van der Waals surface area contributed by atoms with Crippen LogP contribution in [0, 0.1) is 5.92 Å². The number of methoxy groups -OCH3 is 1. The van der Waals surface area contributed by atoms with Crippen LogP contribution in [0.3, 0.4) is 0 Å². The minimum atomic E-state index is 0.0380. The van der Waals surface area contributed by atoms with E-state index in [0.29, 0.717) is 18.8 Å². The number of ether oxygens (including phenoxy) is 1. The Labute approximate surface area is 98.4 Å². The number of carbonyl (C=O) groups is 1. The zero-order valence-corrected chi connectivity index (χ0v) is 10.8. The van der Waals surface area contributed by atoms with Crippen LogP contribution in [-0.4, -0.2) is 36.9 Å². The molecule has 2 unspecified atom stereocenters. The van der Waals surface area contributed by atoms with Gasteiger partial charge >= 0.3 is 0 Å². The van der Waals surface area contributed by atoms with E-state index in [1.807, 2.05) is 20.8 Å². The third kappa shape index (κ3) is 6.80. The second-order valence-electron chi connectivity index (χ2n) is 4.52. The molecular formula is C12H25NO3. The monoisotopic (exact) mass is 231 g/mol. The van der Waals surface area contributed by atoms with Gasteiger partial charge in [0.05, 0.1) is 6.10 Å². The van der Waals surface area contributed by atoms with E-state index in [4.69, 9.17) is 9.84 Å². The third-order valence-electron chi connectivity index (χ3n) is 2.77. The van der Waals surface area contributed by atoms with Gasteiger partial charge in [0, 0.05) is 26.2 Å². The SMILES string of the molecule is COC(C)CCC(=O)NC(CCO)C(C)C. The van der Waals surface area contributed by atoms with Crippen molar-refractivity contribution in [1.82, 2.24) is 5.32 Å². The van der Waals surface area contributed by atoms with Gasteiger partial charge in [-0.1, -0.05) is 13.8 Å². The number of hydrogen-bond acceptors (Lipinski definition) is 3. The molecule has 4 nitrogen and oxygen atoms in total. The lowest BCUT2D eigenvalue weighted by Crippen LogP contribution is -2.39. The van der Waals surface area contributed by atoms with Crippen molar-refractivity contribution < 1.29 is 14.6 Å². The number of hydrogen-bond donors (Lipinski definition) is 2. The third-order valence-corrected chi connectivity index (χ3v) is 2.77. The number of aliphatic hydroxyl groups is 1. The minimum absolute atomic E-state index is 0.0380. The molecule has 0 aliphatic carbocycles. The summed E-state index contributed by atoms with van der Waals surface area (Å²) in [5.41, 5.74) is 0. The van der Waals surface area contributed by atoms with Crippen LogP contribution in [0.25, 0.3) is 0 Å². The highest BCUT2D eigenvalue weighted by molar-refractivity contribution is 5.76. The maximum atomic E-state index is 11.6. The van der Waals surface area contributed by atoms with Crippen LogP contribution >= 0.6 is 0 Å². The zero-order chi connectivity index (χ0) is 12.6. The molecule has 0 heterocycles. The van der Waals surface area contributed by atoms with Gasteiger partial charge in [0.1, 0.15) is 0 Å². The van der Waals surface area contributed by atoms with Crippen LogP contribution in [0.5, 0.6) is 0 Å². The zero-order valence-electron chi connectivity index (χ0n) is 10.8. The molecule has 96 valence electrons. The molecule has 0 aliphatic rings. The van der Waals surface area contributed by atoms with Crippen LogP contribution in [0.15, 0.2) is 0 Å². The first-order valence-corrected chi connectivity index (χ1v) is 5.94. The molecule has 0 aliphatic heterocycles. The molecule has 0 radical (unpaired) electrons. The van der Waals surface area contributed by atoms with Crippen molar-refractivity contribution in [2.45, 2.75) is 52.2 Å². The van der Waals surface area contributed by atoms with Crippen LogP contribution in [0.2, 0.25) is 0 Å². The maximum Gasteiger partial charge on any atom is 0.220 e. The van der Waals surface area contributed by atoms with Crippen molar-refractivity contribution in [3.63, 3.8) is 0 Å². The summed E-state index contributed by atoms with van der Waals surface area (Å²) in [5.74, 6) is 0.381. The summed E-state index contributed by atoms with van der Waals surface area (Å²) in [6.07, 6.45) is 1.93. The standard InChI is InChI=1S/C12H25NO3/c1-9(2)11(7-8-14)13-12(15)6-5-10(3)16-4/h9-11,14H,5-8H2,1-4H3,(H,13,15). The van der Waals surface area contributed by atoms with Crippen LogP contribution in [-0.2, 0) is 9.53 Å². The highest BCUT2D eigenvalue weighted by Gasteiger charge is 2.15. The molecule has 0 bridgehead atoms. The summed E-state index contributed by atoms with van der Waals surface area (Å²) in [4.78, 5) is 11.6. The first kappa shape index (κ1) is 15.4. The highest BCUT2D eigenvalue weighted by atomic mass is 16.5. The first-order valence-electron chi connectivity index (χ1n) is 5.94.